The van der Waals surface area contributed by atoms with Crippen LogP contribution in [0.2, 0.25) is 0 Å². The van der Waals surface area contributed by atoms with Gasteiger partial charge >= 0.3 is 0 Å². The van der Waals surface area contributed by atoms with Crippen LogP contribution in [0.25, 0.3) is 16.6 Å². The number of pyridine rings is 1. The SMILES string of the molecule is COc1cc2nc(N)n3nc([C@@H]4CCCN(c5ccc(OC(C)C)nc5)C4)nc3c2cc1F. The fourth-order valence-corrected chi connectivity index (χ4v) is 4.27. The van der Waals surface area contributed by atoms with Crippen molar-refractivity contribution in [3.05, 3.63) is 42.1 Å². The summed E-state index contributed by atoms with van der Waals surface area (Å²) in [5.74, 6) is 1.21. The zero-order chi connectivity index (χ0) is 23.1. The highest BCUT2D eigenvalue weighted by Gasteiger charge is 2.26. The highest BCUT2D eigenvalue weighted by molar-refractivity contribution is 5.93. The number of fused-ring (bicyclic) bond motifs is 3. The van der Waals surface area contributed by atoms with Crippen LogP contribution in [-0.4, -0.2) is 50.9 Å². The predicted molar refractivity (Wildman–Crippen MR) is 123 cm³/mol. The quantitative estimate of drug-likeness (QED) is 0.491. The minimum atomic E-state index is -0.482. The second-order valence-electron chi connectivity index (χ2n) is 8.49. The molecule has 2 N–H and O–H groups in total. The molecular weight excluding hydrogens is 425 g/mol. The Morgan fingerprint density at radius 3 is 2.79 bits per heavy atom. The van der Waals surface area contributed by atoms with E-state index in [-0.39, 0.29) is 23.7 Å². The van der Waals surface area contributed by atoms with E-state index in [4.69, 9.17) is 20.2 Å². The zero-order valence-corrected chi connectivity index (χ0v) is 18.8. The van der Waals surface area contributed by atoms with Crippen molar-refractivity contribution in [2.24, 2.45) is 0 Å². The van der Waals surface area contributed by atoms with Gasteiger partial charge in [0.05, 0.1) is 30.6 Å². The molecule has 0 spiro atoms. The van der Waals surface area contributed by atoms with E-state index in [1.807, 2.05) is 32.2 Å². The molecule has 1 fully saturated rings. The second kappa shape index (κ2) is 8.34. The van der Waals surface area contributed by atoms with E-state index in [2.05, 4.69) is 20.0 Å². The summed E-state index contributed by atoms with van der Waals surface area (Å²) in [6.45, 7) is 5.62. The lowest BCUT2D eigenvalue weighted by Gasteiger charge is -2.33. The smallest absolute Gasteiger partial charge is 0.223 e. The zero-order valence-electron chi connectivity index (χ0n) is 18.8. The normalized spacial score (nSPS) is 16.6. The molecule has 0 amide bonds. The summed E-state index contributed by atoms with van der Waals surface area (Å²) >= 11 is 0. The largest absolute Gasteiger partial charge is 0.494 e. The van der Waals surface area contributed by atoms with Crippen LogP contribution in [0.15, 0.2) is 30.5 Å². The Bertz CT molecular complexity index is 1310. The fourth-order valence-electron chi connectivity index (χ4n) is 4.27. The van der Waals surface area contributed by atoms with E-state index in [9.17, 15) is 4.39 Å². The van der Waals surface area contributed by atoms with Gasteiger partial charge in [-0.1, -0.05) is 0 Å². The number of ether oxygens (including phenoxy) is 2. The first kappa shape index (κ1) is 21.2. The summed E-state index contributed by atoms with van der Waals surface area (Å²) < 4.78 is 26.6. The van der Waals surface area contributed by atoms with Gasteiger partial charge in [0.1, 0.15) is 0 Å². The second-order valence-corrected chi connectivity index (χ2v) is 8.49. The number of methoxy groups -OCH3 is 1. The molecule has 10 heteroatoms. The van der Waals surface area contributed by atoms with Gasteiger partial charge in [0, 0.05) is 36.5 Å². The van der Waals surface area contributed by atoms with Gasteiger partial charge in [-0.3, -0.25) is 0 Å². The van der Waals surface area contributed by atoms with Crippen molar-refractivity contribution < 1.29 is 13.9 Å². The molecule has 4 heterocycles. The molecule has 1 saturated heterocycles. The number of benzene rings is 1. The molecule has 5 rings (SSSR count). The van der Waals surface area contributed by atoms with E-state index >= 15 is 0 Å². The number of nitrogen functional groups attached to an aromatic ring is 1. The van der Waals surface area contributed by atoms with Gasteiger partial charge in [-0.25, -0.2) is 19.3 Å². The molecule has 1 aliphatic rings. The molecule has 33 heavy (non-hydrogen) atoms. The Morgan fingerprint density at radius 2 is 2.06 bits per heavy atom. The van der Waals surface area contributed by atoms with Gasteiger partial charge < -0.3 is 20.1 Å². The van der Waals surface area contributed by atoms with Crippen molar-refractivity contribution in [3.8, 4) is 11.6 Å². The summed E-state index contributed by atoms with van der Waals surface area (Å²) in [6.07, 6.45) is 3.85. The van der Waals surface area contributed by atoms with Crippen molar-refractivity contribution in [2.75, 3.05) is 30.8 Å². The topological polar surface area (TPSA) is 104 Å². The minimum Gasteiger partial charge on any atom is -0.494 e. The first-order chi connectivity index (χ1) is 15.9. The molecule has 0 bridgehead atoms. The fraction of sp³-hybridized carbons (Fsp3) is 0.391. The van der Waals surface area contributed by atoms with Crippen molar-refractivity contribution in [3.63, 3.8) is 0 Å². The Balaban J connectivity index is 1.45. The van der Waals surface area contributed by atoms with Crippen LogP contribution in [0.3, 0.4) is 0 Å². The van der Waals surface area contributed by atoms with Crippen molar-refractivity contribution in [1.29, 1.82) is 0 Å². The van der Waals surface area contributed by atoms with Crippen LogP contribution >= 0.6 is 0 Å². The van der Waals surface area contributed by atoms with Crippen LogP contribution in [0.5, 0.6) is 11.6 Å². The molecule has 1 aliphatic heterocycles. The summed E-state index contributed by atoms with van der Waals surface area (Å²) in [7, 11) is 1.41. The third-order valence-corrected chi connectivity index (χ3v) is 5.82. The predicted octanol–water partition coefficient (Wildman–Crippen LogP) is 3.57. The van der Waals surface area contributed by atoms with Crippen LogP contribution in [0.1, 0.15) is 38.4 Å². The molecule has 172 valence electrons. The number of halogens is 1. The monoisotopic (exact) mass is 451 g/mol. The maximum Gasteiger partial charge on any atom is 0.223 e. The van der Waals surface area contributed by atoms with Gasteiger partial charge in [-0.2, -0.15) is 4.52 Å². The Labute approximate surface area is 190 Å². The van der Waals surface area contributed by atoms with Crippen LogP contribution < -0.4 is 20.1 Å². The lowest BCUT2D eigenvalue weighted by Crippen LogP contribution is -2.34. The highest BCUT2D eigenvalue weighted by Crippen LogP contribution is 2.31. The van der Waals surface area contributed by atoms with Crippen molar-refractivity contribution in [2.45, 2.75) is 38.7 Å². The molecule has 0 saturated carbocycles. The molecule has 9 nitrogen and oxygen atoms in total. The van der Waals surface area contributed by atoms with Crippen molar-refractivity contribution in [1.82, 2.24) is 24.6 Å². The molecule has 0 aliphatic carbocycles. The summed E-state index contributed by atoms with van der Waals surface area (Å²) in [4.78, 5) is 15.8. The third kappa shape index (κ3) is 3.96. The van der Waals surface area contributed by atoms with E-state index < -0.39 is 5.82 Å². The molecular formula is C23H26FN7O2. The Morgan fingerprint density at radius 1 is 1.21 bits per heavy atom. The average Bonchev–Trinajstić information content (AvgIpc) is 3.26. The maximum absolute atomic E-state index is 14.4. The van der Waals surface area contributed by atoms with E-state index in [1.165, 1.54) is 23.8 Å². The van der Waals surface area contributed by atoms with Crippen molar-refractivity contribution >= 4 is 28.2 Å². The molecule has 3 aromatic heterocycles. The molecule has 1 atom stereocenters. The summed E-state index contributed by atoms with van der Waals surface area (Å²) in [5, 5.41) is 5.18. The van der Waals surface area contributed by atoms with Gasteiger partial charge in [0.15, 0.2) is 23.0 Å². The molecule has 1 aromatic carbocycles. The number of piperidine rings is 1. The molecule has 0 unspecified atom stereocenters. The lowest BCUT2D eigenvalue weighted by molar-refractivity contribution is 0.232. The Kier molecular flexibility index (Phi) is 5.35. The number of hydrogen-bond acceptors (Lipinski definition) is 8. The first-order valence-corrected chi connectivity index (χ1v) is 11.0. The number of aromatic nitrogens is 5. The number of hydrogen-bond donors (Lipinski definition) is 1. The van der Waals surface area contributed by atoms with Crippen LogP contribution in [0, 0.1) is 5.82 Å². The van der Waals surface area contributed by atoms with Crippen LogP contribution in [0.4, 0.5) is 16.0 Å². The molecule has 4 aromatic rings. The summed E-state index contributed by atoms with van der Waals surface area (Å²) in [6, 6.07) is 6.81. The Hall–Kier alpha value is -3.69. The minimum absolute atomic E-state index is 0.0800. The third-order valence-electron chi connectivity index (χ3n) is 5.82. The lowest BCUT2D eigenvalue weighted by atomic mass is 9.97. The van der Waals surface area contributed by atoms with Crippen LogP contribution in [-0.2, 0) is 0 Å². The van der Waals surface area contributed by atoms with E-state index in [1.54, 1.807) is 0 Å². The number of nitrogens with two attached hydrogens (primary N) is 1. The summed E-state index contributed by atoms with van der Waals surface area (Å²) in [5.41, 5.74) is 8.17. The maximum atomic E-state index is 14.4. The number of anilines is 2. The average molecular weight is 452 g/mol. The van der Waals surface area contributed by atoms with E-state index in [0.717, 1.165) is 31.6 Å². The number of rotatable bonds is 5. The van der Waals surface area contributed by atoms with Gasteiger partial charge in [-0.05, 0) is 38.8 Å². The standard InChI is InChI=1S/C23H26FN7O2/c1-13(2)33-20-7-6-15(11-26-20)30-8-4-5-14(12-30)21-28-22-16-9-17(24)19(32-3)10-18(16)27-23(25)31(22)29-21/h6-7,9-11,13-14H,4-5,8,12H2,1-3H3,(H2,25,27)/t14-/m1/s1. The molecule has 0 radical (unpaired) electrons. The van der Waals surface area contributed by atoms with Gasteiger partial charge in [-0.15, -0.1) is 5.10 Å². The van der Waals surface area contributed by atoms with Gasteiger partial charge in [0.25, 0.3) is 0 Å². The first-order valence-electron chi connectivity index (χ1n) is 11.0. The highest BCUT2D eigenvalue weighted by atomic mass is 19.1. The van der Waals surface area contributed by atoms with E-state index in [0.29, 0.717) is 28.3 Å². The number of nitrogens with zero attached hydrogens (tertiary/aromatic N) is 6. The van der Waals surface area contributed by atoms with Gasteiger partial charge in [0.2, 0.25) is 11.8 Å².